The molecule has 0 fully saturated rings. The van der Waals surface area contributed by atoms with Crippen molar-refractivity contribution in [3.8, 4) is 11.8 Å². The van der Waals surface area contributed by atoms with Crippen LogP contribution in [0.25, 0.3) is 0 Å². The number of rotatable bonds is 6. The molecule has 4 nitrogen and oxygen atoms in total. The number of nitrogens with zero attached hydrogens (tertiary/aromatic N) is 2. The summed E-state index contributed by atoms with van der Waals surface area (Å²) in [6, 6.07) is 10.0. The van der Waals surface area contributed by atoms with Crippen molar-refractivity contribution < 1.29 is 9.84 Å². The van der Waals surface area contributed by atoms with Crippen LogP contribution in [0.2, 0.25) is 0 Å². The van der Waals surface area contributed by atoms with E-state index in [9.17, 15) is 10.4 Å². The summed E-state index contributed by atoms with van der Waals surface area (Å²) >= 11 is 1.39. The van der Waals surface area contributed by atoms with Gasteiger partial charge in [-0.2, -0.15) is 5.26 Å². The maximum atomic E-state index is 10.2. The van der Waals surface area contributed by atoms with Crippen molar-refractivity contribution >= 4 is 11.8 Å². The summed E-state index contributed by atoms with van der Waals surface area (Å²) in [5.41, 5.74) is 4.59. The zero-order valence-corrected chi connectivity index (χ0v) is 15.3. The van der Waals surface area contributed by atoms with E-state index in [1.54, 1.807) is 0 Å². The minimum absolute atomic E-state index is 0.212. The van der Waals surface area contributed by atoms with Gasteiger partial charge in [0.2, 0.25) is 0 Å². The van der Waals surface area contributed by atoms with Gasteiger partial charge in [0.25, 0.3) is 0 Å². The van der Waals surface area contributed by atoms with Crippen LogP contribution in [0.5, 0.6) is 5.75 Å². The van der Waals surface area contributed by atoms with Gasteiger partial charge >= 0.3 is 0 Å². The van der Waals surface area contributed by atoms with Crippen LogP contribution in [0.3, 0.4) is 0 Å². The number of benzene rings is 1. The van der Waals surface area contributed by atoms with Crippen molar-refractivity contribution in [2.75, 3.05) is 12.4 Å². The van der Waals surface area contributed by atoms with Crippen LogP contribution < -0.4 is 4.74 Å². The highest BCUT2D eigenvalue weighted by Gasteiger charge is 2.13. The molecular formula is C19H22N2O2S. The van der Waals surface area contributed by atoms with Gasteiger partial charge in [-0.05, 0) is 51.0 Å². The van der Waals surface area contributed by atoms with Crippen molar-refractivity contribution in [2.24, 2.45) is 0 Å². The fourth-order valence-corrected chi connectivity index (χ4v) is 3.42. The second-order valence-corrected chi connectivity index (χ2v) is 6.93. The number of ether oxygens (including phenoxy) is 1. The molecule has 0 aliphatic carbocycles. The number of nitriles is 1. The molecule has 0 saturated carbocycles. The van der Waals surface area contributed by atoms with E-state index in [-0.39, 0.29) is 6.61 Å². The van der Waals surface area contributed by atoms with Gasteiger partial charge in [-0.25, -0.2) is 4.98 Å². The summed E-state index contributed by atoms with van der Waals surface area (Å²) in [5, 5.41) is 20.1. The molecule has 0 bridgehead atoms. The zero-order chi connectivity index (χ0) is 17.7. The lowest BCUT2D eigenvalue weighted by atomic mass is 10.1. The number of hydrogen-bond acceptors (Lipinski definition) is 5. The molecule has 0 amide bonds. The highest BCUT2D eigenvalue weighted by molar-refractivity contribution is 7.99. The highest BCUT2D eigenvalue weighted by Crippen LogP contribution is 2.25. The fourth-order valence-electron chi connectivity index (χ4n) is 2.41. The normalized spacial score (nSPS) is 11.8. The number of hydrogen-bond donors (Lipinski definition) is 1. The second-order valence-electron chi connectivity index (χ2n) is 5.92. The maximum Gasteiger partial charge on any atom is 0.122 e. The average Bonchev–Trinajstić information content (AvgIpc) is 2.51. The number of aliphatic hydroxyl groups is 1. The Morgan fingerprint density at radius 3 is 2.62 bits per heavy atom. The first kappa shape index (κ1) is 18.3. The van der Waals surface area contributed by atoms with Crippen molar-refractivity contribution in [2.45, 2.75) is 38.8 Å². The van der Waals surface area contributed by atoms with E-state index < -0.39 is 6.10 Å². The van der Waals surface area contributed by atoms with Crippen LogP contribution in [0.4, 0.5) is 0 Å². The molecule has 0 aliphatic heterocycles. The monoisotopic (exact) mass is 342 g/mol. The Hall–Kier alpha value is -2.03. The summed E-state index contributed by atoms with van der Waals surface area (Å²) in [7, 11) is 0. The van der Waals surface area contributed by atoms with Gasteiger partial charge in [0.15, 0.2) is 0 Å². The molecule has 1 aromatic heterocycles. The average molecular weight is 342 g/mol. The predicted octanol–water partition coefficient (Wildman–Crippen LogP) is 3.72. The standard InChI is InChI=1S/C19H22N2O2S/c1-12-5-6-18(14(3)7-12)23-10-16(22)11-24-19-17(9-20)13(2)8-15(4)21-19/h5-8,16,22H,10-11H2,1-4H3. The Balaban J connectivity index is 1.94. The third-order valence-corrected chi connectivity index (χ3v) is 4.72. The van der Waals surface area contributed by atoms with Crippen LogP contribution >= 0.6 is 11.8 Å². The molecule has 1 unspecified atom stereocenters. The minimum atomic E-state index is -0.634. The highest BCUT2D eigenvalue weighted by atomic mass is 32.2. The number of aromatic nitrogens is 1. The van der Waals surface area contributed by atoms with Crippen molar-refractivity contribution in [3.05, 3.63) is 52.2 Å². The Kier molecular flexibility index (Phi) is 6.24. The lowest BCUT2D eigenvalue weighted by Gasteiger charge is -2.14. The molecule has 1 atom stereocenters. The van der Waals surface area contributed by atoms with Gasteiger partial charge < -0.3 is 9.84 Å². The first-order valence-electron chi connectivity index (χ1n) is 7.80. The molecule has 1 aromatic carbocycles. The van der Waals surface area contributed by atoms with Crippen LogP contribution in [0.15, 0.2) is 29.3 Å². The molecule has 126 valence electrons. The Labute approximate surface area is 147 Å². The van der Waals surface area contributed by atoms with Gasteiger partial charge in [-0.1, -0.05) is 17.7 Å². The number of aliphatic hydroxyl groups excluding tert-OH is 1. The molecule has 0 saturated heterocycles. The van der Waals surface area contributed by atoms with E-state index in [0.717, 1.165) is 22.6 Å². The topological polar surface area (TPSA) is 66.1 Å². The molecule has 24 heavy (non-hydrogen) atoms. The van der Waals surface area contributed by atoms with E-state index >= 15 is 0 Å². The lowest BCUT2D eigenvalue weighted by molar-refractivity contribution is 0.126. The summed E-state index contributed by atoms with van der Waals surface area (Å²) in [6.45, 7) is 8.03. The first-order valence-corrected chi connectivity index (χ1v) is 8.78. The quantitative estimate of drug-likeness (QED) is 0.811. The van der Waals surface area contributed by atoms with E-state index in [1.807, 2.05) is 45.9 Å². The van der Waals surface area contributed by atoms with Crippen LogP contribution in [0.1, 0.15) is 27.9 Å². The third kappa shape index (κ3) is 4.73. The van der Waals surface area contributed by atoms with Gasteiger partial charge in [-0.3, -0.25) is 0 Å². The van der Waals surface area contributed by atoms with E-state index in [0.29, 0.717) is 16.3 Å². The van der Waals surface area contributed by atoms with Crippen LogP contribution in [-0.4, -0.2) is 28.6 Å². The molecule has 2 rings (SSSR count). The molecule has 1 heterocycles. The van der Waals surface area contributed by atoms with E-state index in [2.05, 4.69) is 17.1 Å². The van der Waals surface area contributed by atoms with Crippen molar-refractivity contribution in [3.63, 3.8) is 0 Å². The zero-order valence-electron chi connectivity index (χ0n) is 14.5. The van der Waals surface area contributed by atoms with E-state index in [4.69, 9.17) is 4.74 Å². The molecule has 0 aliphatic rings. The van der Waals surface area contributed by atoms with Crippen molar-refractivity contribution in [1.29, 1.82) is 5.26 Å². The predicted molar refractivity (Wildman–Crippen MR) is 96.6 cm³/mol. The number of pyridine rings is 1. The second kappa shape index (κ2) is 8.18. The molecule has 0 spiro atoms. The largest absolute Gasteiger partial charge is 0.491 e. The molecular weight excluding hydrogens is 320 g/mol. The van der Waals surface area contributed by atoms with Crippen LogP contribution in [-0.2, 0) is 0 Å². The molecule has 5 heteroatoms. The Bertz CT molecular complexity index is 769. The Morgan fingerprint density at radius 1 is 1.21 bits per heavy atom. The Morgan fingerprint density at radius 2 is 1.96 bits per heavy atom. The molecule has 0 radical (unpaired) electrons. The number of thioether (sulfide) groups is 1. The smallest absolute Gasteiger partial charge is 0.122 e. The van der Waals surface area contributed by atoms with Gasteiger partial charge in [0, 0.05) is 11.4 Å². The lowest BCUT2D eigenvalue weighted by Crippen LogP contribution is -2.20. The van der Waals surface area contributed by atoms with Gasteiger partial charge in [0.05, 0.1) is 11.7 Å². The fraction of sp³-hybridized carbons (Fsp3) is 0.368. The molecule has 2 aromatic rings. The van der Waals surface area contributed by atoms with Gasteiger partial charge in [-0.15, -0.1) is 11.8 Å². The summed E-state index contributed by atoms with van der Waals surface area (Å²) in [4.78, 5) is 4.41. The summed E-state index contributed by atoms with van der Waals surface area (Å²) in [6.07, 6.45) is -0.634. The van der Waals surface area contributed by atoms with E-state index in [1.165, 1.54) is 17.3 Å². The maximum absolute atomic E-state index is 10.2. The van der Waals surface area contributed by atoms with Crippen LogP contribution in [0, 0.1) is 39.0 Å². The third-order valence-electron chi connectivity index (χ3n) is 3.60. The van der Waals surface area contributed by atoms with Crippen molar-refractivity contribution in [1.82, 2.24) is 4.98 Å². The summed E-state index contributed by atoms with van der Waals surface area (Å²) in [5.74, 6) is 1.21. The SMILES string of the molecule is Cc1ccc(OCC(O)CSc2nc(C)cc(C)c2C#N)c(C)c1. The molecule has 1 N–H and O–H groups in total. The number of aryl methyl sites for hydroxylation is 4. The summed E-state index contributed by atoms with van der Waals surface area (Å²) < 4.78 is 5.70. The first-order chi connectivity index (χ1) is 11.4. The minimum Gasteiger partial charge on any atom is -0.491 e. The van der Waals surface area contributed by atoms with Gasteiger partial charge in [0.1, 0.15) is 23.5 Å².